The minimum Gasteiger partial charge on any atom is -0.326 e. The summed E-state index contributed by atoms with van der Waals surface area (Å²) in [7, 11) is 1.54. The largest absolute Gasteiger partial charge is 0.389 e. The number of carbonyl (C=O) groups is 3. The van der Waals surface area contributed by atoms with Crippen LogP contribution in [-0.2, 0) is 14.4 Å². The molecule has 2 atom stereocenters. The highest BCUT2D eigenvalue weighted by atomic mass is 19.4. The smallest absolute Gasteiger partial charge is 0.326 e. The van der Waals surface area contributed by atoms with E-state index in [0.717, 1.165) is 0 Å². The molecule has 0 saturated heterocycles. The molecule has 0 unspecified atom stereocenters. The number of aliphatic imine (C=N–C) groups is 1. The Hall–Kier alpha value is -3.75. The molecule has 0 aromatic heterocycles. The van der Waals surface area contributed by atoms with Crippen LogP contribution < -0.4 is 10.2 Å². The van der Waals surface area contributed by atoms with Gasteiger partial charge in [-0.05, 0) is 25.8 Å². The van der Waals surface area contributed by atoms with Gasteiger partial charge in [0.05, 0.1) is 17.3 Å². The zero-order valence-electron chi connectivity index (χ0n) is 20.3. The van der Waals surface area contributed by atoms with Gasteiger partial charge in [0.25, 0.3) is 5.91 Å². The molecular formula is C27H28F3N3O3. The number of allylic oxidation sites excluding steroid dienone is 1. The number of fused-ring (bicyclic) bond motifs is 1. The second-order valence-corrected chi connectivity index (χ2v) is 8.50. The van der Waals surface area contributed by atoms with Gasteiger partial charge in [0.2, 0.25) is 12.1 Å². The number of alkyl halides is 3. The molecule has 9 heteroatoms. The first-order chi connectivity index (χ1) is 17.0. The number of anilines is 1. The third-order valence-electron chi connectivity index (χ3n) is 5.91. The molecule has 1 aliphatic heterocycles. The van der Waals surface area contributed by atoms with Crippen LogP contribution in [0.5, 0.6) is 0 Å². The Bertz CT molecular complexity index is 1190. The first-order valence-corrected chi connectivity index (χ1v) is 11.6. The van der Waals surface area contributed by atoms with Crippen molar-refractivity contribution < 1.29 is 27.6 Å². The Morgan fingerprint density at radius 3 is 2.36 bits per heavy atom. The van der Waals surface area contributed by atoms with Gasteiger partial charge >= 0.3 is 6.18 Å². The highest BCUT2D eigenvalue weighted by Gasteiger charge is 2.36. The maximum absolute atomic E-state index is 13.3. The van der Waals surface area contributed by atoms with Crippen molar-refractivity contribution in [1.82, 2.24) is 5.32 Å². The van der Waals surface area contributed by atoms with Gasteiger partial charge in [0.1, 0.15) is 0 Å². The van der Waals surface area contributed by atoms with Crippen molar-refractivity contribution in [2.45, 2.75) is 45.5 Å². The average Bonchev–Trinajstić information content (AvgIpc) is 2.94. The highest BCUT2D eigenvalue weighted by molar-refractivity contribution is 6.20. The van der Waals surface area contributed by atoms with Crippen LogP contribution in [0.25, 0.3) is 0 Å². The number of benzodiazepines with no additional fused rings is 1. The summed E-state index contributed by atoms with van der Waals surface area (Å²) < 4.78 is 39.1. The Morgan fingerprint density at radius 1 is 1.11 bits per heavy atom. The Morgan fingerprint density at radius 2 is 1.75 bits per heavy atom. The van der Waals surface area contributed by atoms with E-state index in [0.29, 0.717) is 28.9 Å². The van der Waals surface area contributed by atoms with Crippen LogP contribution in [0.4, 0.5) is 18.9 Å². The van der Waals surface area contributed by atoms with Gasteiger partial charge in [-0.15, -0.1) is 0 Å². The van der Waals surface area contributed by atoms with E-state index in [1.807, 2.05) is 30.3 Å². The molecule has 2 amide bonds. The fraction of sp³-hybridized carbons (Fsp3) is 0.333. The topological polar surface area (TPSA) is 78.8 Å². The van der Waals surface area contributed by atoms with Crippen molar-refractivity contribution in [3.05, 3.63) is 77.4 Å². The van der Waals surface area contributed by atoms with Gasteiger partial charge in [0.15, 0.2) is 5.78 Å². The Labute approximate surface area is 207 Å². The molecule has 3 rings (SSSR count). The predicted molar refractivity (Wildman–Crippen MR) is 132 cm³/mol. The predicted octanol–water partition coefficient (Wildman–Crippen LogP) is 4.83. The lowest BCUT2D eigenvalue weighted by Crippen LogP contribution is -2.48. The molecule has 0 spiro atoms. The number of hydrogen-bond acceptors (Lipinski definition) is 4. The van der Waals surface area contributed by atoms with E-state index >= 15 is 0 Å². The SMILES string of the molecule is CC/C=C(\C(C)=O)[C@@H](CCC(F)(F)F)C(=O)N[C@H]1N=C(c2ccccc2)c2ccccc2N(C)C1=O. The third-order valence-corrected chi connectivity index (χ3v) is 5.91. The van der Waals surface area contributed by atoms with Crippen LogP contribution in [0.2, 0.25) is 0 Å². The van der Waals surface area contributed by atoms with Crippen LogP contribution in [0, 0.1) is 5.92 Å². The van der Waals surface area contributed by atoms with E-state index in [4.69, 9.17) is 0 Å². The summed E-state index contributed by atoms with van der Waals surface area (Å²) in [4.78, 5) is 44.8. The molecule has 0 fully saturated rings. The second-order valence-electron chi connectivity index (χ2n) is 8.50. The molecule has 0 aliphatic carbocycles. The fourth-order valence-corrected chi connectivity index (χ4v) is 4.16. The van der Waals surface area contributed by atoms with Crippen molar-refractivity contribution in [3.8, 4) is 0 Å². The third kappa shape index (κ3) is 6.27. The zero-order valence-corrected chi connectivity index (χ0v) is 20.3. The molecule has 0 bridgehead atoms. The monoisotopic (exact) mass is 499 g/mol. The van der Waals surface area contributed by atoms with Crippen LogP contribution in [0.15, 0.2) is 71.2 Å². The molecule has 1 aliphatic rings. The fourth-order valence-electron chi connectivity index (χ4n) is 4.16. The molecule has 6 nitrogen and oxygen atoms in total. The number of Topliss-reactive ketones (excluding diaryl/α,β-unsaturated/α-hetero) is 1. The summed E-state index contributed by atoms with van der Waals surface area (Å²) in [6.45, 7) is 2.93. The summed E-state index contributed by atoms with van der Waals surface area (Å²) in [6, 6.07) is 16.2. The number of nitrogens with one attached hydrogen (secondary N) is 1. The molecule has 0 radical (unpaired) electrons. The minimum atomic E-state index is -4.51. The number of halogens is 3. The summed E-state index contributed by atoms with van der Waals surface area (Å²) in [5.41, 5.74) is 2.39. The van der Waals surface area contributed by atoms with Crippen LogP contribution >= 0.6 is 0 Å². The van der Waals surface area contributed by atoms with Crippen molar-refractivity contribution >= 4 is 29.0 Å². The Balaban J connectivity index is 2.03. The van der Waals surface area contributed by atoms with Gasteiger partial charge < -0.3 is 10.2 Å². The number of rotatable bonds is 8. The summed E-state index contributed by atoms with van der Waals surface area (Å²) >= 11 is 0. The maximum Gasteiger partial charge on any atom is 0.389 e. The lowest BCUT2D eigenvalue weighted by molar-refractivity contribution is -0.141. The maximum atomic E-state index is 13.3. The summed E-state index contributed by atoms with van der Waals surface area (Å²) in [6.07, 6.45) is -5.95. The minimum absolute atomic E-state index is 0.00998. The number of ketones is 1. The van der Waals surface area contributed by atoms with E-state index in [9.17, 15) is 27.6 Å². The number of para-hydroxylation sites is 1. The average molecular weight is 500 g/mol. The lowest BCUT2D eigenvalue weighted by atomic mass is 9.89. The van der Waals surface area contributed by atoms with E-state index in [1.165, 1.54) is 17.9 Å². The first-order valence-electron chi connectivity index (χ1n) is 11.6. The van der Waals surface area contributed by atoms with Crippen LogP contribution in [-0.4, -0.2) is 42.7 Å². The number of carbonyl (C=O) groups excluding carboxylic acids is 3. The summed E-state index contributed by atoms with van der Waals surface area (Å²) in [5, 5.41) is 2.53. The normalized spacial score (nSPS) is 17.1. The van der Waals surface area contributed by atoms with Gasteiger partial charge in [-0.25, -0.2) is 4.99 Å². The number of hydrogen-bond donors (Lipinski definition) is 1. The van der Waals surface area contributed by atoms with Crippen molar-refractivity contribution in [3.63, 3.8) is 0 Å². The number of amides is 2. The first kappa shape index (κ1) is 26.8. The number of nitrogens with zero attached hydrogens (tertiary/aromatic N) is 2. The molecule has 1 heterocycles. The number of benzene rings is 2. The van der Waals surface area contributed by atoms with E-state index in [2.05, 4.69) is 10.3 Å². The van der Waals surface area contributed by atoms with Gasteiger partial charge in [-0.2, -0.15) is 13.2 Å². The zero-order chi connectivity index (χ0) is 26.5. The highest BCUT2D eigenvalue weighted by Crippen LogP contribution is 2.30. The number of likely N-dealkylation sites (N-methyl/N-ethyl adjacent to an activating group) is 1. The van der Waals surface area contributed by atoms with E-state index < -0.39 is 48.7 Å². The quantitative estimate of drug-likeness (QED) is 0.529. The lowest BCUT2D eigenvalue weighted by Gasteiger charge is -2.24. The Kier molecular flexibility index (Phi) is 8.45. The molecule has 2 aromatic rings. The van der Waals surface area contributed by atoms with Gasteiger partial charge in [-0.1, -0.05) is 61.5 Å². The molecule has 36 heavy (non-hydrogen) atoms. The van der Waals surface area contributed by atoms with Crippen LogP contribution in [0.3, 0.4) is 0 Å². The van der Waals surface area contributed by atoms with Gasteiger partial charge in [0, 0.05) is 30.2 Å². The summed E-state index contributed by atoms with van der Waals surface area (Å²) in [5.74, 6) is -3.28. The van der Waals surface area contributed by atoms with Gasteiger partial charge in [-0.3, -0.25) is 14.4 Å². The molecule has 2 aromatic carbocycles. The molecular weight excluding hydrogens is 471 g/mol. The molecule has 1 N–H and O–H groups in total. The van der Waals surface area contributed by atoms with Crippen molar-refractivity contribution in [2.75, 3.05) is 11.9 Å². The standard InChI is InChI=1S/C27H28F3N3O3/c1-4-10-19(17(2)34)20(15-16-27(28,29)30)25(35)32-24-26(36)33(3)22-14-9-8-13-21(22)23(31-24)18-11-6-5-7-12-18/h5-14,20,24H,4,15-16H2,1-3H3,(H,32,35)/b19-10+/t20-,24-/m1/s1. The van der Waals surface area contributed by atoms with E-state index in [-0.39, 0.29) is 5.57 Å². The molecule has 190 valence electrons. The van der Waals surface area contributed by atoms with E-state index in [1.54, 1.807) is 38.2 Å². The van der Waals surface area contributed by atoms with Crippen molar-refractivity contribution in [1.29, 1.82) is 0 Å². The molecule has 0 saturated carbocycles. The van der Waals surface area contributed by atoms with Crippen molar-refractivity contribution in [2.24, 2.45) is 10.9 Å². The second kappa shape index (κ2) is 11.3. The van der Waals surface area contributed by atoms with Crippen LogP contribution in [0.1, 0.15) is 44.2 Å².